The smallest absolute Gasteiger partial charge is 0.258 e. The molecule has 3 aromatic rings. The molecule has 0 saturated heterocycles. The van der Waals surface area contributed by atoms with Crippen LogP contribution in [-0.2, 0) is 12.8 Å². The van der Waals surface area contributed by atoms with Crippen molar-refractivity contribution in [2.45, 2.75) is 26.2 Å². The Hall–Kier alpha value is -2.22. The Morgan fingerprint density at radius 3 is 2.47 bits per heavy atom. The highest BCUT2D eigenvalue weighted by molar-refractivity contribution is 9.10. The molecule has 4 rings (SSSR count). The Morgan fingerprint density at radius 1 is 1.03 bits per heavy atom. The zero-order valence-electron chi connectivity index (χ0n) is 16.5. The van der Waals surface area contributed by atoms with Gasteiger partial charge in [0.15, 0.2) is 5.11 Å². The highest BCUT2D eigenvalue weighted by Crippen LogP contribution is 2.40. The number of para-hydroxylation sites is 1. The average Bonchev–Trinajstić information content (AvgIpc) is 3.07. The summed E-state index contributed by atoms with van der Waals surface area (Å²) in [6.07, 6.45) is 3.00. The molecular formula is C23H22BrN3OS2. The van der Waals surface area contributed by atoms with E-state index in [2.05, 4.69) is 38.8 Å². The normalized spacial score (nSPS) is 15.2. The molecule has 30 heavy (non-hydrogen) atoms. The largest absolute Gasteiger partial charge is 0.332 e. The van der Waals surface area contributed by atoms with E-state index < -0.39 is 0 Å². The Labute approximate surface area is 194 Å². The average molecular weight is 500 g/mol. The van der Waals surface area contributed by atoms with Crippen molar-refractivity contribution in [2.24, 2.45) is 5.92 Å². The van der Waals surface area contributed by atoms with Crippen molar-refractivity contribution < 1.29 is 4.79 Å². The molecule has 1 heterocycles. The zero-order chi connectivity index (χ0) is 21.1. The molecule has 0 unspecified atom stereocenters. The van der Waals surface area contributed by atoms with E-state index in [-0.39, 0.29) is 5.91 Å². The highest BCUT2D eigenvalue weighted by Gasteiger charge is 2.28. The number of thiocarbonyl (C=S) groups is 1. The Balaban J connectivity index is 1.60. The van der Waals surface area contributed by atoms with Crippen molar-refractivity contribution in [1.29, 1.82) is 0 Å². The summed E-state index contributed by atoms with van der Waals surface area (Å²) < 4.78 is 0.974. The van der Waals surface area contributed by atoms with Crippen LogP contribution in [0.1, 0.15) is 34.1 Å². The van der Waals surface area contributed by atoms with Gasteiger partial charge in [-0.2, -0.15) is 0 Å². The van der Waals surface area contributed by atoms with Crippen molar-refractivity contribution >= 4 is 66.9 Å². The topological polar surface area (TPSA) is 53.2 Å². The van der Waals surface area contributed by atoms with E-state index >= 15 is 0 Å². The number of nitrogens with one attached hydrogen (secondary N) is 3. The zero-order valence-corrected chi connectivity index (χ0v) is 19.7. The number of anilines is 3. The SMILES string of the molecule is C[C@H]1CCc2c(sc(NC(=S)Nc3ccccc3)c2C(=O)Nc2ccc(Br)cc2)C1. The summed E-state index contributed by atoms with van der Waals surface area (Å²) in [6, 6.07) is 17.4. The van der Waals surface area contributed by atoms with Gasteiger partial charge in [-0.05, 0) is 79.4 Å². The molecule has 1 aliphatic rings. The van der Waals surface area contributed by atoms with Crippen molar-refractivity contribution in [2.75, 3.05) is 16.0 Å². The number of thiophene rings is 1. The summed E-state index contributed by atoms with van der Waals surface area (Å²) in [5, 5.41) is 10.8. The summed E-state index contributed by atoms with van der Waals surface area (Å²) in [7, 11) is 0. The second-order valence-corrected chi connectivity index (χ2v) is 9.89. The highest BCUT2D eigenvalue weighted by atomic mass is 79.9. The van der Waals surface area contributed by atoms with Gasteiger partial charge < -0.3 is 16.0 Å². The molecule has 2 aromatic carbocycles. The molecule has 0 saturated carbocycles. The fourth-order valence-electron chi connectivity index (χ4n) is 3.59. The third-order valence-corrected chi connectivity index (χ3v) is 7.00. The van der Waals surface area contributed by atoms with Crippen LogP contribution in [0.5, 0.6) is 0 Å². The molecule has 0 bridgehead atoms. The van der Waals surface area contributed by atoms with Gasteiger partial charge in [0, 0.05) is 20.7 Å². The van der Waals surface area contributed by atoms with Gasteiger partial charge >= 0.3 is 0 Å². The molecule has 0 radical (unpaired) electrons. The molecule has 1 aliphatic carbocycles. The maximum Gasteiger partial charge on any atom is 0.258 e. The fourth-order valence-corrected chi connectivity index (χ4v) is 5.55. The summed E-state index contributed by atoms with van der Waals surface area (Å²) in [4.78, 5) is 14.5. The van der Waals surface area contributed by atoms with Gasteiger partial charge in [0.1, 0.15) is 5.00 Å². The molecule has 0 spiro atoms. The first-order valence-corrected chi connectivity index (χ1v) is 11.9. The Morgan fingerprint density at radius 2 is 1.73 bits per heavy atom. The van der Waals surface area contributed by atoms with E-state index in [4.69, 9.17) is 12.2 Å². The second-order valence-electron chi connectivity index (χ2n) is 7.46. The monoisotopic (exact) mass is 499 g/mol. The molecule has 7 heteroatoms. The summed E-state index contributed by atoms with van der Waals surface area (Å²) in [6.45, 7) is 2.26. The molecule has 4 nitrogen and oxygen atoms in total. The third-order valence-electron chi connectivity index (χ3n) is 5.10. The minimum atomic E-state index is -0.102. The van der Waals surface area contributed by atoms with Crippen molar-refractivity contribution in [3.05, 3.63) is 75.1 Å². The molecule has 0 fully saturated rings. The number of fused-ring (bicyclic) bond motifs is 1. The lowest BCUT2D eigenvalue weighted by Gasteiger charge is -2.18. The van der Waals surface area contributed by atoms with Crippen LogP contribution in [0.2, 0.25) is 0 Å². The van der Waals surface area contributed by atoms with Gasteiger partial charge in [0.25, 0.3) is 5.91 Å². The van der Waals surface area contributed by atoms with E-state index in [1.807, 2.05) is 54.6 Å². The van der Waals surface area contributed by atoms with Crippen molar-refractivity contribution in [1.82, 2.24) is 0 Å². The minimum absolute atomic E-state index is 0.102. The maximum absolute atomic E-state index is 13.3. The van der Waals surface area contributed by atoms with Crippen LogP contribution in [0.25, 0.3) is 0 Å². The van der Waals surface area contributed by atoms with Crippen LogP contribution < -0.4 is 16.0 Å². The lowest BCUT2D eigenvalue weighted by atomic mass is 9.88. The standard InChI is InChI=1S/C23H22BrN3OS2/c1-14-7-12-18-19(13-14)30-22(27-23(29)26-16-5-3-2-4-6-16)20(18)21(28)25-17-10-8-15(24)9-11-17/h2-6,8-11,14H,7,12-13H2,1H3,(H,25,28)(H2,26,27,29)/t14-/m0/s1. The van der Waals surface area contributed by atoms with E-state index in [1.165, 1.54) is 4.88 Å². The van der Waals surface area contributed by atoms with E-state index in [9.17, 15) is 4.79 Å². The van der Waals surface area contributed by atoms with E-state index in [0.29, 0.717) is 16.6 Å². The predicted octanol–water partition coefficient (Wildman–Crippen LogP) is 6.70. The number of carbonyl (C=O) groups excluding carboxylic acids is 1. The Kier molecular flexibility index (Phi) is 6.51. The number of amides is 1. The van der Waals surface area contributed by atoms with Crippen LogP contribution in [0, 0.1) is 5.92 Å². The molecule has 154 valence electrons. The molecular weight excluding hydrogens is 478 g/mol. The van der Waals surface area contributed by atoms with Crippen LogP contribution >= 0.6 is 39.5 Å². The van der Waals surface area contributed by atoms with Gasteiger partial charge in [-0.1, -0.05) is 41.1 Å². The lowest BCUT2D eigenvalue weighted by Crippen LogP contribution is -2.22. The first-order valence-electron chi connectivity index (χ1n) is 9.84. The third kappa shape index (κ3) is 4.91. The molecule has 1 atom stereocenters. The lowest BCUT2D eigenvalue weighted by molar-refractivity contribution is 0.102. The fraction of sp³-hybridized carbons (Fsp3) is 0.217. The van der Waals surface area contributed by atoms with Gasteiger partial charge in [0.2, 0.25) is 0 Å². The Bertz CT molecular complexity index is 1060. The summed E-state index contributed by atoms with van der Waals surface area (Å²) in [5.74, 6) is 0.523. The van der Waals surface area contributed by atoms with Gasteiger partial charge in [0.05, 0.1) is 5.56 Å². The van der Waals surface area contributed by atoms with Crippen LogP contribution in [-0.4, -0.2) is 11.0 Å². The molecule has 0 aliphatic heterocycles. The van der Waals surface area contributed by atoms with Crippen LogP contribution in [0.3, 0.4) is 0 Å². The van der Waals surface area contributed by atoms with Crippen molar-refractivity contribution in [3.63, 3.8) is 0 Å². The number of halogens is 1. The maximum atomic E-state index is 13.3. The first-order chi connectivity index (χ1) is 14.5. The van der Waals surface area contributed by atoms with Gasteiger partial charge in [-0.25, -0.2) is 0 Å². The summed E-state index contributed by atoms with van der Waals surface area (Å²) in [5.41, 5.74) is 3.54. The molecule has 1 aromatic heterocycles. The number of rotatable bonds is 4. The quantitative estimate of drug-likeness (QED) is 0.349. The first kappa shape index (κ1) is 21.0. The van der Waals surface area contributed by atoms with Crippen LogP contribution in [0.15, 0.2) is 59.1 Å². The van der Waals surface area contributed by atoms with Crippen molar-refractivity contribution in [3.8, 4) is 0 Å². The number of hydrogen-bond acceptors (Lipinski definition) is 3. The number of carbonyl (C=O) groups is 1. The summed E-state index contributed by atoms with van der Waals surface area (Å²) >= 11 is 10.6. The van der Waals surface area contributed by atoms with Crippen LogP contribution in [0.4, 0.5) is 16.4 Å². The second kappa shape index (κ2) is 9.29. The molecule has 3 N–H and O–H groups in total. The molecule has 1 amide bonds. The van der Waals surface area contributed by atoms with E-state index in [1.54, 1.807) is 11.3 Å². The minimum Gasteiger partial charge on any atom is -0.332 e. The number of hydrogen-bond donors (Lipinski definition) is 3. The number of benzene rings is 2. The van der Waals surface area contributed by atoms with E-state index in [0.717, 1.165) is 45.7 Å². The van der Waals surface area contributed by atoms with Gasteiger partial charge in [-0.15, -0.1) is 11.3 Å². The predicted molar refractivity (Wildman–Crippen MR) is 134 cm³/mol. The van der Waals surface area contributed by atoms with Gasteiger partial charge in [-0.3, -0.25) is 4.79 Å².